The summed E-state index contributed by atoms with van der Waals surface area (Å²) in [5.74, 6) is 1.83. The van der Waals surface area contributed by atoms with E-state index >= 15 is 0 Å². The van der Waals surface area contributed by atoms with Gasteiger partial charge in [0.2, 0.25) is 11.8 Å². The topological polar surface area (TPSA) is 115 Å². The number of hydrogen-bond donors (Lipinski definition) is 1. The van der Waals surface area contributed by atoms with Crippen molar-refractivity contribution >= 4 is 28.7 Å². The average Bonchev–Trinajstić information content (AvgIpc) is 3.68. The van der Waals surface area contributed by atoms with Crippen LogP contribution in [0.15, 0.2) is 33.5 Å². The Kier molecular flexibility index (Phi) is 6.39. The van der Waals surface area contributed by atoms with Gasteiger partial charge in [0.05, 0.1) is 18.8 Å². The highest BCUT2D eigenvalue weighted by molar-refractivity contribution is 6.30. The van der Waals surface area contributed by atoms with E-state index in [0.29, 0.717) is 34.9 Å². The molecule has 1 aromatic carbocycles. The summed E-state index contributed by atoms with van der Waals surface area (Å²) in [5.41, 5.74) is 2.97. The first-order chi connectivity index (χ1) is 19.0. The first-order valence-corrected chi connectivity index (χ1v) is 14.4. The van der Waals surface area contributed by atoms with Gasteiger partial charge in [-0.2, -0.15) is 4.98 Å². The fraction of sp³-hybridized carbons (Fsp3) is 0.536. The van der Waals surface area contributed by atoms with E-state index in [4.69, 9.17) is 35.7 Å². The molecule has 4 aromatic rings. The lowest BCUT2D eigenvalue weighted by Gasteiger charge is -2.39. The molecule has 2 saturated carbocycles. The highest BCUT2D eigenvalue weighted by atomic mass is 35.5. The fourth-order valence-electron chi connectivity index (χ4n) is 6.62. The Morgan fingerprint density at radius 1 is 1.10 bits per heavy atom. The van der Waals surface area contributed by atoms with Crippen LogP contribution >= 0.6 is 11.6 Å². The number of nitrogens with zero attached hydrogens (tertiary/aromatic N) is 6. The number of morpholine rings is 1. The maximum atomic E-state index is 11.7. The molecule has 2 aliphatic carbocycles. The molecular weight excluding hydrogens is 518 g/mol. The van der Waals surface area contributed by atoms with Crippen LogP contribution in [0.25, 0.3) is 34.1 Å². The van der Waals surface area contributed by atoms with Crippen LogP contribution in [0.3, 0.4) is 0 Å². The number of aromatic amines is 1. The number of nitrogens with one attached hydrogen (secondary N) is 1. The van der Waals surface area contributed by atoms with Crippen molar-refractivity contribution in [2.75, 3.05) is 18.1 Å². The second-order valence-corrected chi connectivity index (χ2v) is 11.7. The number of benzene rings is 1. The number of anilines is 1. The Hall–Kier alpha value is -3.24. The van der Waals surface area contributed by atoms with Crippen LogP contribution < -0.4 is 10.7 Å². The van der Waals surface area contributed by atoms with Gasteiger partial charge in [0.25, 0.3) is 5.89 Å². The summed E-state index contributed by atoms with van der Waals surface area (Å²) in [6.45, 7) is 4.67. The van der Waals surface area contributed by atoms with E-state index in [-0.39, 0.29) is 17.8 Å². The minimum atomic E-state index is -0.656. The highest BCUT2D eigenvalue weighted by Crippen LogP contribution is 2.39. The lowest BCUT2D eigenvalue weighted by molar-refractivity contribution is 0.0247. The van der Waals surface area contributed by atoms with Crippen molar-refractivity contribution in [2.24, 2.45) is 11.8 Å². The molecule has 1 N–H and O–H groups in total. The molecule has 0 spiro atoms. The number of H-pyrrole nitrogens is 1. The van der Waals surface area contributed by atoms with Gasteiger partial charge in [-0.3, -0.25) is 0 Å². The van der Waals surface area contributed by atoms with E-state index in [0.717, 1.165) is 55.3 Å². The third-order valence-corrected chi connectivity index (χ3v) is 8.86. The van der Waals surface area contributed by atoms with Crippen LogP contribution in [-0.4, -0.2) is 55.0 Å². The summed E-state index contributed by atoms with van der Waals surface area (Å²) in [4.78, 5) is 29.0. The summed E-state index contributed by atoms with van der Waals surface area (Å²) >= 11 is 6.44. The molecule has 3 aliphatic rings. The summed E-state index contributed by atoms with van der Waals surface area (Å²) in [6, 6.07) is 7.94. The monoisotopic (exact) mass is 549 g/mol. The van der Waals surface area contributed by atoms with Gasteiger partial charge in [-0.25, -0.2) is 19.9 Å². The van der Waals surface area contributed by atoms with E-state index in [1.54, 1.807) is 0 Å². The van der Waals surface area contributed by atoms with Crippen molar-refractivity contribution in [3.63, 3.8) is 0 Å². The maximum Gasteiger partial charge on any atom is 0.434 e. The van der Waals surface area contributed by atoms with Crippen molar-refractivity contribution in [1.82, 2.24) is 29.7 Å². The quantitative estimate of drug-likeness (QED) is 0.367. The Labute approximate surface area is 230 Å². The van der Waals surface area contributed by atoms with Crippen molar-refractivity contribution in [1.29, 1.82) is 0 Å². The van der Waals surface area contributed by atoms with Crippen LogP contribution in [-0.2, 0) is 11.3 Å². The zero-order chi connectivity index (χ0) is 26.5. The third kappa shape index (κ3) is 4.63. The molecule has 7 rings (SSSR count). The van der Waals surface area contributed by atoms with Gasteiger partial charge in [0.1, 0.15) is 11.2 Å². The lowest BCUT2D eigenvalue weighted by atomic mass is 9.83. The predicted octanol–water partition coefficient (Wildman–Crippen LogP) is 5.07. The van der Waals surface area contributed by atoms with Gasteiger partial charge in [-0.15, -0.1) is 5.10 Å². The van der Waals surface area contributed by atoms with Crippen molar-refractivity contribution in [3.05, 3.63) is 39.8 Å². The molecule has 204 valence electrons. The van der Waals surface area contributed by atoms with Gasteiger partial charge in [0.15, 0.2) is 5.65 Å². The van der Waals surface area contributed by atoms with Crippen molar-refractivity contribution < 1.29 is 9.15 Å². The maximum absolute atomic E-state index is 11.7. The van der Waals surface area contributed by atoms with E-state index < -0.39 is 5.76 Å². The molecule has 3 aromatic heterocycles. The number of rotatable bonds is 5. The number of halogens is 1. The van der Waals surface area contributed by atoms with Crippen molar-refractivity contribution in [2.45, 2.75) is 70.6 Å². The number of hydrogen-bond acceptors (Lipinski definition) is 8. The molecule has 4 heterocycles. The number of aromatic nitrogens is 6. The summed E-state index contributed by atoms with van der Waals surface area (Å²) < 4.78 is 13.7. The van der Waals surface area contributed by atoms with E-state index in [1.807, 2.05) is 24.3 Å². The second kappa shape index (κ2) is 10.1. The molecule has 0 unspecified atom stereocenters. The number of imidazole rings is 1. The Balaban J connectivity index is 1.44. The first kappa shape index (κ1) is 24.8. The standard InChI is InChI=1S/C28H32ClN7O3/c1-16-8-10-17(11-9-16)15-36-23-22(18-4-2-5-19(29)14-18)30-25(26-33-34-28(37)39-26)31-24(23)32-27(36)35-12-13-38-21-7-3-6-20(21)35/h2,4-5,14,16-17,20-21H,3,6-13,15H2,1H3,(H,34,37)/t16?,17?,20-,21-/m1/s1. The van der Waals surface area contributed by atoms with Crippen molar-refractivity contribution in [3.8, 4) is 23.0 Å². The van der Waals surface area contributed by atoms with E-state index in [2.05, 4.69) is 26.6 Å². The summed E-state index contributed by atoms with van der Waals surface area (Å²) in [6.07, 6.45) is 8.43. The van der Waals surface area contributed by atoms with Crippen LogP contribution in [0.1, 0.15) is 51.9 Å². The molecule has 10 nitrogen and oxygen atoms in total. The molecule has 2 atom stereocenters. The molecule has 1 aliphatic heterocycles. The average molecular weight is 550 g/mol. The molecule has 0 amide bonds. The van der Waals surface area contributed by atoms with Gasteiger partial charge < -0.3 is 18.6 Å². The van der Waals surface area contributed by atoms with Gasteiger partial charge in [0, 0.05) is 23.7 Å². The Bertz CT molecular complexity index is 1550. The van der Waals surface area contributed by atoms with Crippen LogP contribution in [0.5, 0.6) is 0 Å². The Morgan fingerprint density at radius 3 is 2.77 bits per heavy atom. The minimum Gasteiger partial charge on any atom is -0.384 e. The summed E-state index contributed by atoms with van der Waals surface area (Å²) in [5, 5.41) is 6.92. The Morgan fingerprint density at radius 2 is 1.97 bits per heavy atom. The van der Waals surface area contributed by atoms with Gasteiger partial charge in [-0.05, 0) is 56.1 Å². The molecular formula is C28H32ClN7O3. The molecule has 3 fully saturated rings. The SMILES string of the molecule is CC1CCC(Cn2c(N3CCO[C@@H]4CCC[C@H]43)nc3nc(-c4n[nH]c(=O)o4)nc(-c4cccc(Cl)c4)c32)CC1. The van der Waals surface area contributed by atoms with Gasteiger partial charge >= 0.3 is 5.76 Å². The van der Waals surface area contributed by atoms with Crippen LogP contribution in [0.2, 0.25) is 5.02 Å². The summed E-state index contributed by atoms with van der Waals surface area (Å²) in [7, 11) is 0. The molecule has 0 bridgehead atoms. The van der Waals surface area contributed by atoms with Crippen LogP contribution in [0.4, 0.5) is 5.95 Å². The molecule has 0 radical (unpaired) electrons. The van der Waals surface area contributed by atoms with Gasteiger partial charge in [-0.1, -0.05) is 43.5 Å². The first-order valence-electron chi connectivity index (χ1n) is 14.0. The zero-order valence-corrected chi connectivity index (χ0v) is 22.7. The lowest BCUT2D eigenvalue weighted by Crippen LogP contribution is -2.49. The zero-order valence-electron chi connectivity index (χ0n) is 22.0. The van der Waals surface area contributed by atoms with Crippen LogP contribution in [0, 0.1) is 11.8 Å². The third-order valence-electron chi connectivity index (χ3n) is 8.63. The molecule has 1 saturated heterocycles. The number of ether oxygens (including phenoxy) is 1. The smallest absolute Gasteiger partial charge is 0.384 e. The molecule has 11 heteroatoms. The minimum absolute atomic E-state index is 0.0322. The highest BCUT2D eigenvalue weighted by Gasteiger charge is 2.39. The number of fused-ring (bicyclic) bond motifs is 2. The fourth-order valence-corrected chi connectivity index (χ4v) is 6.81. The van der Waals surface area contributed by atoms with E-state index in [9.17, 15) is 4.79 Å². The predicted molar refractivity (Wildman–Crippen MR) is 148 cm³/mol. The molecule has 39 heavy (non-hydrogen) atoms. The van der Waals surface area contributed by atoms with E-state index in [1.165, 1.54) is 25.7 Å². The second-order valence-electron chi connectivity index (χ2n) is 11.2. The largest absolute Gasteiger partial charge is 0.434 e. The normalized spacial score (nSPS) is 25.3.